The molecule has 0 unspecified atom stereocenters. The van der Waals surface area contributed by atoms with E-state index >= 15 is 0 Å². The largest absolute Gasteiger partial charge is 0.497 e. The van der Waals surface area contributed by atoms with E-state index in [9.17, 15) is 9.59 Å². The molecule has 0 saturated heterocycles. The van der Waals surface area contributed by atoms with E-state index in [0.29, 0.717) is 11.3 Å². The number of aromatic carboxylic acids is 1. The van der Waals surface area contributed by atoms with Crippen LogP contribution in [0.1, 0.15) is 15.9 Å². The average molecular weight is 236 g/mol. The summed E-state index contributed by atoms with van der Waals surface area (Å²) in [6.07, 6.45) is 2.53. The minimum Gasteiger partial charge on any atom is -0.497 e. The zero-order valence-electron chi connectivity index (χ0n) is 9.47. The highest BCUT2D eigenvalue weighted by molar-refractivity contribution is 5.95. The number of carbonyl (C=O) groups excluding carboxylic acids is 1. The number of ether oxygens (including phenoxy) is 2. The molecule has 0 spiro atoms. The minimum atomic E-state index is -1.07. The summed E-state index contributed by atoms with van der Waals surface area (Å²) in [7, 11) is 2.72. The monoisotopic (exact) mass is 236 g/mol. The van der Waals surface area contributed by atoms with Crippen LogP contribution in [-0.2, 0) is 9.53 Å². The van der Waals surface area contributed by atoms with Crippen molar-refractivity contribution in [1.29, 1.82) is 0 Å². The van der Waals surface area contributed by atoms with Crippen LogP contribution in [-0.4, -0.2) is 31.3 Å². The maximum atomic E-state index is 10.9. The summed E-state index contributed by atoms with van der Waals surface area (Å²) in [5.41, 5.74) is 0.466. The van der Waals surface area contributed by atoms with Gasteiger partial charge in [-0.05, 0) is 29.8 Å². The van der Waals surface area contributed by atoms with E-state index in [4.69, 9.17) is 9.84 Å². The van der Waals surface area contributed by atoms with Crippen LogP contribution in [0.25, 0.3) is 6.08 Å². The number of esters is 1. The van der Waals surface area contributed by atoms with Gasteiger partial charge in [0.25, 0.3) is 0 Å². The molecule has 0 amide bonds. The summed E-state index contributed by atoms with van der Waals surface area (Å²) < 4.78 is 9.40. The molecule has 0 fully saturated rings. The molecule has 0 atom stereocenters. The van der Waals surface area contributed by atoms with E-state index in [1.54, 1.807) is 6.07 Å². The number of carboxylic acid groups (broad SMARTS) is 1. The van der Waals surface area contributed by atoms with Gasteiger partial charge >= 0.3 is 11.9 Å². The molecule has 5 nitrogen and oxygen atoms in total. The lowest BCUT2D eigenvalue weighted by atomic mass is 10.1. The van der Waals surface area contributed by atoms with Crippen LogP contribution in [0.15, 0.2) is 24.3 Å². The Bertz CT molecular complexity index is 462. The Morgan fingerprint density at radius 3 is 2.53 bits per heavy atom. The number of carbonyl (C=O) groups is 2. The van der Waals surface area contributed by atoms with E-state index in [0.717, 1.165) is 6.08 Å². The van der Waals surface area contributed by atoms with Gasteiger partial charge in [-0.15, -0.1) is 0 Å². The van der Waals surface area contributed by atoms with Crippen molar-refractivity contribution in [3.05, 3.63) is 35.4 Å². The second kappa shape index (κ2) is 5.69. The standard InChI is InChI=1S/C12H12O5/c1-16-9-4-5-10(12(14)15)8(7-9)3-6-11(13)17-2/h3-7H,1-2H3,(H,14,15)/b6-3+. The van der Waals surface area contributed by atoms with Crippen molar-refractivity contribution in [2.24, 2.45) is 0 Å². The SMILES string of the molecule is COC(=O)/C=C/c1cc(OC)ccc1C(=O)O. The Balaban J connectivity index is 3.13. The highest BCUT2D eigenvalue weighted by atomic mass is 16.5. The zero-order chi connectivity index (χ0) is 12.8. The van der Waals surface area contributed by atoms with Crippen LogP contribution in [0.2, 0.25) is 0 Å². The number of carboxylic acids is 1. The molecule has 17 heavy (non-hydrogen) atoms. The molecule has 0 bridgehead atoms. The molecule has 0 radical (unpaired) electrons. The zero-order valence-corrected chi connectivity index (χ0v) is 9.47. The highest BCUT2D eigenvalue weighted by Gasteiger charge is 2.09. The third kappa shape index (κ3) is 3.34. The summed E-state index contributed by atoms with van der Waals surface area (Å²) in [6.45, 7) is 0. The molecule has 1 rings (SSSR count). The van der Waals surface area contributed by atoms with Crippen molar-refractivity contribution in [3.63, 3.8) is 0 Å². The first-order chi connectivity index (χ1) is 8.08. The van der Waals surface area contributed by atoms with Crippen LogP contribution in [0.5, 0.6) is 5.75 Å². The lowest BCUT2D eigenvalue weighted by Gasteiger charge is -2.04. The molecule has 0 aliphatic rings. The van der Waals surface area contributed by atoms with Gasteiger partial charge in [0.2, 0.25) is 0 Å². The molecule has 90 valence electrons. The lowest BCUT2D eigenvalue weighted by molar-refractivity contribution is -0.134. The molecular weight excluding hydrogens is 224 g/mol. The number of hydrogen-bond donors (Lipinski definition) is 1. The summed E-state index contributed by atoms with van der Waals surface area (Å²) >= 11 is 0. The molecule has 1 N–H and O–H groups in total. The van der Waals surface area contributed by atoms with E-state index in [2.05, 4.69) is 4.74 Å². The molecule has 0 saturated carbocycles. The number of rotatable bonds is 4. The summed E-state index contributed by atoms with van der Waals surface area (Å²) in [4.78, 5) is 21.9. The summed E-state index contributed by atoms with van der Waals surface area (Å²) in [6, 6.07) is 4.49. The third-order valence-electron chi connectivity index (χ3n) is 2.09. The van der Waals surface area contributed by atoms with Crippen molar-refractivity contribution in [2.45, 2.75) is 0 Å². The minimum absolute atomic E-state index is 0.0888. The van der Waals surface area contributed by atoms with E-state index in [-0.39, 0.29) is 5.56 Å². The second-order valence-corrected chi connectivity index (χ2v) is 3.11. The van der Waals surface area contributed by atoms with Crippen LogP contribution < -0.4 is 4.74 Å². The predicted molar refractivity (Wildman–Crippen MR) is 61.0 cm³/mol. The second-order valence-electron chi connectivity index (χ2n) is 3.11. The van der Waals surface area contributed by atoms with Crippen molar-refractivity contribution in [3.8, 4) is 5.75 Å². The average Bonchev–Trinajstić information content (AvgIpc) is 2.35. The number of hydrogen-bond acceptors (Lipinski definition) is 4. The third-order valence-corrected chi connectivity index (χ3v) is 2.09. The van der Waals surface area contributed by atoms with Gasteiger partial charge in [0, 0.05) is 6.08 Å². The van der Waals surface area contributed by atoms with Gasteiger partial charge in [0.1, 0.15) is 5.75 Å². The Hall–Kier alpha value is -2.30. The van der Waals surface area contributed by atoms with Crippen LogP contribution in [0.3, 0.4) is 0 Å². The molecule has 1 aromatic carbocycles. The van der Waals surface area contributed by atoms with Gasteiger partial charge in [0.15, 0.2) is 0 Å². The van der Waals surface area contributed by atoms with E-state index in [1.807, 2.05) is 0 Å². The van der Waals surface area contributed by atoms with Gasteiger partial charge < -0.3 is 14.6 Å². The molecular formula is C12H12O5. The Labute approximate surface area is 98.3 Å². The predicted octanol–water partition coefficient (Wildman–Crippen LogP) is 1.58. The Morgan fingerprint density at radius 1 is 1.29 bits per heavy atom. The topological polar surface area (TPSA) is 72.8 Å². The van der Waals surface area contributed by atoms with E-state index < -0.39 is 11.9 Å². The molecule has 0 aliphatic heterocycles. The van der Waals surface area contributed by atoms with Crippen molar-refractivity contribution >= 4 is 18.0 Å². The smallest absolute Gasteiger partial charge is 0.336 e. The first kappa shape index (κ1) is 12.8. The van der Waals surface area contributed by atoms with Crippen molar-refractivity contribution in [2.75, 3.05) is 14.2 Å². The molecule has 0 aromatic heterocycles. The first-order valence-electron chi connectivity index (χ1n) is 4.76. The summed E-state index contributed by atoms with van der Waals surface area (Å²) in [5, 5.41) is 8.96. The van der Waals surface area contributed by atoms with Crippen molar-refractivity contribution < 1.29 is 24.2 Å². The number of benzene rings is 1. The van der Waals surface area contributed by atoms with Crippen LogP contribution in [0, 0.1) is 0 Å². The fraction of sp³-hybridized carbons (Fsp3) is 0.167. The highest BCUT2D eigenvalue weighted by Crippen LogP contribution is 2.19. The maximum Gasteiger partial charge on any atom is 0.336 e. The van der Waals surface area contributed by atoms with Crippen LogP contribution >= 0.6 is 0 Å². The molecule has 0 heterocycles. The Kier molecular flexibility index (Phi) is 4.28. The van der Waals surface area contributed by atoms with Gasteiger partial charge in [-0.25, -0.2) is 9.59 Å². The normalized spacial score (nSPS) is 10.2. The van der Waals surface area contributed by atoms with E-state index in [1.165, 1.54) is 32.4 Å². The lowest BCUT2D eigenvalue weighted by Crippen LogP contribution is -2.00. The van der Waals surface area contributed by atoms with Gasteiger partial charge in [-0.1, -0.05) is 0 Å². The summed E-state index contributed by atoms with van der Waals surface area (Å²) in [5.74, 6) is -1.11. The quantitative estimate of drug-likeness (QED) is 0.634. The van der Waals surface area contributed by atoms with Gasteiger partial charge in [-0.2, -0.15) is 0 Å². The fourth-order valence-corrected chi connectivity index (χ4v) is 1.23. The van der Waals surface area contributed by atoms with Gasteiger partial charge in [-0.3, -0.25) is 0 Å². The van der Waals surface area contributed by atoms with Crippen molar-refractivity contribution in [1.82, 2.24) is 0 Å². The molecule has 1 aromatic rings. The fourth-order valence-electron chi connectivity index (χ4n) is 1.23. The van der Waals surface area contributed by atoms with Crippen LogP contribution in [0.4, 0.5) is 0 Å². The Morgan fingerprint density at radius 2 is 2.00 bits per heavy atom. The molecule has 5 heteroatoms. The van der Waals surface area contributed by atoms with Gasteiger partial charge in [0.05, 0.1) is 19.8 Å². The number of methoxy groups -OCH3 is 2. The maximum absolute atomic E-state index is 10.9. The molecule has 0 aliphatic carbocycles. The first-order valence-corrected chi connectivity index (χ1v) is 4.76.